The summed E-state index contributed by atoms with van der Waals surface area (Å²) in [5, 5.41) is 11.8. The minimum Gasteiger partial charge on any atom is -0.480 e. The first-order valence-electron chi connectivity index (χ1n) is 8.02. The van der Waals surface area contributed by atoms with Crippen LogP contribution in [0.5, 0.6) is 0 Å². The number of rotatable bonds is 5. The van der Waals surface area contributed by atoms with Gasteiger partial charge in [0.15, 0.2) is 0 Å². The Balaban J connectivity index is 1.79. The van der Waals surface area contributed by atoms with Crippen molar-refractivity contribution in [2.24, 2.45) is 5.92 Å². The summed E-state index contributed by atoms with van der Waals surface area (Å²) >= 11 is 1.54. The molecule has 7 heteroatoms. The van der Waals surface area contributed by atoms with E-state index in [0.717, 1.165) is 5.56 Å². The van der Waals surface area contributed by atoms with Gasteiger partial charge < -0.3 is 15.3 Å². The Morgan fingerprint density at radius 1 is 1.42 bits per heavy atom. The molecule has 4 atom stereocenters. The van der Waals surface area contributed by atoms with Crippen molar-refractivity contribution in [1.29, 1.82) is 0 Å². The van der Waals surface area contributed by atoms with Crippen LogP contribution in [0.2, 0.25) is 0 Å². The average Bonchev–Trinajstić information content (AvgIpc) is 3.12. The Morgan fingerprint density at radius 2 is 2.12 bits per heavy atom. The zero-order chi connectivity index (χ0) is 17.4. The van der Waals surface area contributed by atoms with Gasteiger partial charge in [0.1, 0.15) is 17.5 Å². The van der Waals surface area contributed by atoms with E-state index in [1.165, 1.54) is 0 Å². The summed E-state index contributed by atoms with van der Waals surface area (Å²) in [4.78, 5) is 38.3. The summed E-state index contributed by atoms with van der Waals surface area (Å²) in [7, 11) is 0. The first-order valence-corrected chi connectivity index (χ1v) is 9.07. The van der Waals surface area contributed by atoms with Crippen LogP contribution in [0.4, 0.5) is 0 Å². The van der Waals surface area contributed by atoms with Crippen molar-refractivity contribution in [2.75, 3.05) is 5.75 Å². The first-order chi connectivity index (χ1) is 11.5. The number of carboxylic acids is 1. The van der Waals surface area contributed by atoms with Gasteiger partial charge in [-0.05, 0) is 17.5 Å². The molecule has 0 radical (unpaired) electrons. The van der Waals surface area contributed by atoms with Crippen molar-refractivity contribution >= 4 is 29.5 Å². The Hall–Kier alpha value is -2.02. The fourth-order valence-electron chi connectivity index (χ4n) is 3.17. The van der Waals surface area contributed by atoms with Gasteiger partial charge in [0.2, 0.25) is 5.91 Å². The zero-order valence-electron chi connectivity index (χ0n) is 13.6. The number of benzene rings is 1. The molecular formula is C17H20N2O4S. The molecule has 128 valence electrons. The molecule has 2 N–H and O–H groups in total. The van der Waals surface area contributed by atoms with Crippen LogP contribution < -0.4 is 5.32 Å². The van der Waals surface area contributed by atoms with Crippen LogP contribution >= 0.6 is 11.8 Å². The highest BCUT2D eigenvalue weighted by Gasteiger charge is 2.48. The summed E-state index contributed by atoms with van der Waals surface area (Å²) in [5.74, 6) is -1.29. The van der Waals surface area contributed by atoms with Gasteiger partial charge in [0.05, 0.1) is 0 Å². The summed E-state index contributed by atoms with van der Waals surface area (Å²) in [6.45, 7) is 3.68. The van der Waals surface area contributed by atoms with Crippen LogP contribution in [0, 0.1) is 5.92 Å². The molecular weight excluding hydrogens is 328 g/mol. The molecule has 1 aromatic rings. The van der Waals surface area contributed by atoms with Crippen LogP contribution in [0.25, 0.3) is 0 Å². The number of fused-ring (bicyclic) bond motifs is 3. The van der Waals surface area contributed by atoms with Crippen molar-refractivity contribution in [2.45, 2.75) is 37.7 Å². The molecule has 1 fully saturated rings. The van der Waals surface area contributed by atoms with E-state index in [4.69, 9.17) is 0 Å². The molecule has 0 bridgehead atoms. The molecule has 2 amide bonds. The molecule has 0 saturated carbocycles. The lowest BCUT2D eigenvalue weighted by atomic mass is 9.99. The average molecular weight is 348 g/mol. The minimum atomic E-state index is -1.05. The summed E-state index contributed by atoms with van der Waals surface area (Å²) in [6, 6.07) is 5.79. The molecule has 2 aliphatic heterocycles. The molecule has 24 heavy (non-hydrogen) atoms. The molecule has 0 aromatic heterocycles. The second-order valence-electron chi connectivity index (χ2n) is 6.21. The fourth-order valence-corrected chi connectivity index (χ4v) is 4.64. The number of carboxylic acid groups (broad SMARTS) is 1. The summed E-state index contributed by atoms with van der Waals surface area (Å²) in [5.41, 5.74) is 1.56. The van der Waals surface area contributed by atoms with Gasteiger partial charge in [-0.3, -0.25) is 9.59 Å². The SMILES string of the molecule is CC[C@@H](C)[C@H](NC(=O)[C@@H]1CS[C@@H]2c3ccccc3C(=O)N21)C(=O)O. The quantitative estimate of drug-likeness (QED) is 0.848. The number of carbonyl (C=O) groups is 3. The first kappa shape index (κ1) is 16.8. The normalized spacial score (nSPS) is 24.2. The Kier molecular flexibility index (Phi) is 4.54. The van der Waals surface area contributed by atoms with Crippen molar-refractivity contribution in [3.05, 3.63) is 35.4 Å². The zero-order valence-corrected chi connectivity index (χ0v) is 14.4. The predicted molar refractivity (Wildman–Crippen MR) is 90.6 cm³/mol. The molecule has 0 unspecified atom stereocenters. The van der Waals surface area contributed by atoms with Gasteiger partial charge >= 0.3 is 5.97 Å². The van der Waals surface area contributed by atoms with E-state index in [9.17, 15) is 19.5 Å². The largest absolute Gasteiger partial charge is 0.480 e. The van der Waals surface area contributed by atoms with Gasteiger partial charge in [0, 0.05) is 11.3 Å². The molecule has 0 spiro atoms. The van der Waals surface area contributed by atoms with Gasteiger partial charge in [0.25, 0.3) is 5.91 Å². The standard InChI is InChI=1S/C17H20N2O4S/c1-3-9(2)13(17(22)23)18-14(20)12-8-24-16-11-7-5-4-6-10(11)15(21)19(12)16/h4-7,9,12-13,16H,3,8H2,1-2H3,(H,18,20)(H,22,23)/t9-,12+,13+,16-/m1/s1. The van der Waals surface area contributed by atoms with E-state index < -0.39 is 18.1 Å². The van der Waals surface area contributed by atoms with Crippen molar-refractivity contribution in [1.82, 2.24) is 10.2 Å². The van der Waals surface area contributed by atoms with Gasteiger partial charge in [-0.2, -0.15) is 0 Å². The molecule has 1 aromatic carbocycles. The van der Waals surface area contributed by atoms with E-state index >= 15 is 0 Å². The highest BCUT2D eigenvalue weighted by atomic mass is 32.2. The highest BCUT2D eigenvalue weighted by Crippen LogP contribution is 2.48. The fraction of sp³-hybridized carbons (Fsp3) is 0.471. The second-order valence-corrected chi connectivity index (χ2v) is 7.32. The number of amides is 2. The maximum atomic E-state index is 12.6. The molecule has 2 aliphatic rings. The third-order valence-electron chi connectivity index (χ3n) is 4.77. The molecule has 1 saturated heterocycles. The maximum Gasteiger partial charge on any atom is 0.326 e. The van der Waals surface area contributed by atoms with Crippen LogP contribution in [-0.4, -0.2) is 45.6 Å². The monoisotopic (exact) mass is 348 g/mol. The van der Waals surface area contributed by atoms with E-state index in [1.54, 1.807) is 29.7 Å². The van der Waals surface area contributed by atoms with E-state index in [-0.39, 0.29) is 23.1 Å². The number of aliphatic carboxylic acids is 1. The molecule has 2 heterocycles. The smallest absolute Gasteiger partial charge is 0.326 e. The molecule has 0 aliphatic carbocycles. The third-order valence-corrected chi connectivity index (χ3v) is 6.08. The van der Waals surface area contributed by atoms with E-state index in [1.807, 2.05) is 25.1 Å². The van der Waals surface area contributed by atoms with Crippen molar-refractivity contribution in [3.8, 4) is 0 Å². The number of thioether (sulfide) groups is 1. The third kappa shape index (κ3) is 2.66. The van der Waals surface area contributed by atoms with Crippen LogP contribution in [0.3, 0.4) is 0 Å². The number of nitrogens with one attached hydrogen (secondary N) is 1. The van der Waals surface area contributed by atoms with Crippen LogP contribution in [-0.2, 0) is 9.59 Å². The Labute approximate surface area is 144 Å². The van der Waals surface area contributed by atoms with Crippen LogP contribution in [0.1, 0.15) is 41.6 Å². The maximum absolute atomic E-state index is 12.6. The number of hydrogen-bond acceptors (Lipinski definition) is 4. The topological polar surface area (TPSA) is 86.7 Å². The van der Waals surface area contributed by atoms with Gasteiger partial charge in [-0.25, -0.2) is 4.79 Å². The number of carbonyl (C=O) groups excluding carboxylic acids is 2. The van der Waals surface area contributed by atoms with Gasteiger partial charge in [-0.15, -0.1) is 11.8 Å². The lowest BCUT2D eigenvalue weighted by Gasteiger charge is -2.26. The van der Waals surface area contributed by atoms with E-state index in [2.05, 4.69) is 5.32 Å². The number of hydrogen-bond donors (Lipinski definition) is 2. The van der Waals surface area contributed by atoms with Crippen LogP contribution in [0.15, 0.2) is 24.3 Å². The van der Waals surface area contributed by atoms with Gasteiger partial charge in [-0.1, -0.05) is 38.5 Å². The van der Waals surface area contributed by atoms with Crippen molar-refractivity contribution in [3.63, 3.8) is 0 Å². The van der Waals surface area contributed by atoms with E-state index in [0.29, 0.717) is 17.7 Å². The second kappa shape index (κ2) is 6.47. The lowest BCUT2D eigenvalue weighted by molar-refractivity contribution is -0.143. The predicted octanol–water partition coefficient (Wildman–Crippen LogP) is 1.87. The minimum absolute atomic E-state index is 0.156. The lowest BCUT2D eigenvalue weighted by Crippen LogP contribution is -2.53. The number of nitrogens with zero attached hydrogens (tertiary/aromatic N) is 1. The summed E-state index contributed by atoms with van der Waals surface area (Å²) < 4.78 is 0. The Bertz CT molecular complexity index is 693. The molecule has 3 rings (SSSR count). The molecule has 6 nitrogen and oxygen atoms in total. The Morgan fingerprint density at radius 3 is 2.79 bits per heavy atom. The van der Waals surface area contributed by atoms with Crippen molar-refractivity contribution < 1.29 is 19.5 Å². The summed E-state index contributed by atoms with van der Waals surface area (Å²) in [6.07, 6.45) is 0.646. The highest BCUT2D eigenvalue weighted by molar-refractivity contribution is 7.99.